The highest BCUT2D eigenvalue weighted by molar-refractivity contribution is 5.49. The molecule has 1 saturated heterocycles. The van der Waals surface area contributed by atoms with Gasteiger partial charge in [-0.15, -0.1) is 0 Å². The Balaban J connectivity index is 1.91. The van der Waals surface area contributed by atoms with Gasteiger partial charge in [0.1, 0.15) is 13.2 Å². The number of rotatable bonds is 1. The van der Waals surface area contributed by atoms with Gasteiger partial charge >= 0.3 is 0 Å². The number of nitrogens with one attached hydrogen (secondary N) is 1. The van der Waals surface area contributed by atoms with Crippen molar-refractivity contribution in [1.29, 1.82) is 0 Å². The highest BCUT2D eigenvalue weighted by Gasteiger charge is 2.25. The maximum Gasteiger partial charge on any atom is 0.166 e. The molecule has 3 rings (SSSR count). The predicted octanol–water partition coefficient (Wildman–Crippen LogP) is 1.51. The molecule has 4 heteroatoms. The molecule has 2 heterocycles. The average molecular weight is 235 g/mol. The van der Waals surface area contributed by atoms with Crippen LogP contribution in [0.4, 0.5) is 0 Å². The Morgan fingerprint density at radius 2 is 2.06 bits per heavy atom. The van der Waals surface area contributed by atoms with Crippen LogP contribution in [0.25, 0.3) is 0 Å². The van der Waals surface area contributed by atoms with Gasteiger partial charge in [0.2, 0.25) is 0 Å². The number of hydrogen-bond donors (Lipinski definition) is 1. The first-order valence-electron chi connectivity index (χ1n) is 6.07. The van der Waals surface area contributed by atoms with E-state index in [1.54, 1.807) is 0 Å². The van der Waals surface area contributed by atoms with Crippen LogP contribution in [-0.2, 0) is 4.74 Å². The van der Waals surface area contributed by atoms with Crippen molar-refractivity contribution >= 4 is 0 Å². The molecule has 4 nitrogen and oxygen atoms in total. The fraction of sp³-hybridized carbons (Fsp3) is 0.538. The van der Waals surface area contributed by atoms with Crippen molar-refractivity contribution in [2.75, 3.05) is 26.4 Å². The molecule has 1 aromatic rings. The second-order valence-corrected chi connectivity index (χ2v) is 4.53. The number of ether oxygens (including phenoxy) is 3. The van der Waals surface area contributed by atoms with Gasteiger partial charge in [-0.25, -0.2) is 0 Å². The molecular formula is C13H17NO3. The molecule has 2 atom stereocenters. The van der Waals surface area contributed by atoms with Crippen LogP contribution in [0.2, 0.25) is 0 Å². The molecule has 1 fully saturated rings. The zero-order valence-electron chi connectivity index (χ0n) is 9.94. The molecule has 1 aromatic carbocycles. The molecule has 0 aliphatic carbocycles. The van der Waals surface area contributed by atoms with Crippen LogP contribution < -0.4 is 14.8 Å². The summed E-state index contributed by atoms with van der Waals surface area (Å²) in [7, 11) is 0. The first kappa shape index (κ1) is 10.9. The van der Waals surface area contributed by atoms with Gasteiger partial charge in [-0.2, -0.15) is 0 Å². The Kier molecular flexibility index (Phi) is 2.91. The van der Waals surface area contributed by atoms with Gasteiger partial charge < -0.3 is 19.5 Å². The van der Waals surface area contributed by atoms with E-state index in [0.717, 1.165) is 23.7 Å². The third kappa shape index (κ3) is 2.10. The molecule has 0 bridgehead atoms. The summed E-state index contributed by atoms with van der Waals surface area (Å²) in [4.78, 5) is 0. The second kappa shape index (κ2) is 4.55. The molecule has 0 saturated carbocycles. The summed E-state index contributed by atoms with van der Waals surface area (Å²) in [5.74, 6) is 1.71. The molecular weight excluding hydrogens is 218 g/mol. The molecule has 92 valence electrons. The van der Waals surface area contributed by atoms with Crippen LogP contribution in [0.15, 0.2) is 18.2 Å². The molecule has 0 aromatic heterocycles. The smallest absolute Gasteiger partial charge is 0.166 e. The van der Waals surface area contributed by atoms with Crippen LogP contribution in [-0.4, -0.2) is 32.5 Å². The van der Waals surface area contributed by atoms with Gasteiger partial charge in [-0.05, 0) is 13.0 Å². The van der Waals surface area contributed by atoms with Crippen molar-refractivity contribution in [3.63, 3.8) is 0 Å². The normalized spacial score (nSPS) is 27.8. The standard InChI is InChI=1S/C13H17NO3/c1-9-7-15-8-11(14-9)10-3-2-4-12-13(10)17-6-5-16-12/h2-4,9,11,14H,5-8H2,1H3. The fourth-order valence-electron chi connectivity index (χ4n) is 2.35. The summed E-state index contributed by atoms with van der Waals surface area (Å²) in [6.45, 7) is 4.82. The summed E-state index contributed by atoms with van der Waals surface area (Å²) < 4.78 is 16.9. The summed E-state index contributed by atoms with van der Waals surface area (Å²) in [5.41, 5.74) is 1.13. The average Bonchev–Trinajstić information content (AvgIpc) is 2.38. The minimum atomic E-state index is 0.190. The molecule has 2 aliphatic heterocycles. The van der Waals surface area contributed by atoms with Gasteiger partial charge in [-0.1, -0.05) is 12.1 Å². The quantitative estimate of drug-likeness (QED) is 0.801. The SMILES string of the molecule is CC1COCC(c2cccc3c2OCCO3)N1. The Hall–Kier alpha value is -1.26. The molecule has 2 aliphatic rings. The van der Waals surface area contributed by atoms with E-state index in [1.165, 1.54) is 0 Å². The van der Waals surface area contributed by atoms with E-state index < -0.39 is 0 Å². The van der Waals surface area contributed by atoms with E-state index in [0.29, 0.717) is 25.9 Å². The Morgan fingerprint density at radius 3 is 2.94 bits per heavy atom. The lowest BCUT2D eigenvalue weighted by molar-refractivity contribution is 0.0486. The maximum atomic E-state index is 5.72. The minimum absolute atomic E-state index is 0.190. The number of para-hydroxylation sites is 1. The van der Waals surface area contributed by atoms with E-state index in [1.807, 2.05) is 12.1 Å². The molecule has 0 spiro atoms. The molecule has 1 N–H and O–H groups in total. The molecule has 0 radical (unpaired) electrons. The van der Waals surface area contributed by atoms with Crippen LogP contribution >= 0.6 is 0 Å². The predicted molar refractivity (Wildman–Crippen MR) is 63.6 cm³/mol. The van der Waals surface area contributed by atoms with E-state index in [2.05, 4.69) is 18.3 Å². The summed E-state index contributed by atoms with van der Waals surface area (Å²) in [6.07, 6.45) is 0. The van der Waals surface area contributed by atoms with Crippen LogP contribution in [0, 0.1) is 0 Å². The van der Waals surface area contributed by atoms with Crippen molar-refractivity contribution in [3.05, 3.63) is 23.8 Å². The van der Waals surface area contributed by atoms with Crippen molar-refractivity contribution in [2.45, 2.75) is 19.0 Å². The lowest BCUT2D eigenvalue weighted by atomic mass is 10.0. The number of benzene rings is 1. The van der Waals surface area contributed by atoms with Crippen LogP contribution in [0.1, 0.15) is 18.5 Å². The van der Waals surface area contributed by atoms with Gasteiger partial charge in [-0.3, -0.25) is 0 Å². The fourth-order valence-corrected chi connectivity index (χ4v) is 2.35. The van der Waals surface area contributed by atoms with E-state index in [-0.39, 0.29) is 6.04 Å². The van der Waals surface area contributed by atoms with Gasteiger partial charge in [0.05, 0.1) is 19.3 Å². The molecule has 2 unspecified atom stereocenters. The maximum absolute atomic E-state index is 5.72. The number of hydrogen-bond acceptors (Lipinski definition) is 4. The lowest BCUT2D eigenvalue weighted by Crippen LogP contribution is -2.42. The van der Waals surface area contributed by atoms with Gasteiger partial charge in [0.15, 0.2) is 11.5 Å². The largest absolute Gasteiger partial charge is 0.486 e. The molecule has 17 heavy (non-hydrogen) atoms. The van der Waals surface area contributed by atoms with E-state index in [4.69, 9.17) is 14.2 Å². The van der Waals surface area contributed by atoms with Crippen molar-refractivity contribution in [2.24, 2.45) is 0 Å². The Morgan fingerprint density at radius 1 is 1.18 bits per heavy atom. The van der Waals surface area contributed by atoms with E-state index in [9.17, 15) is 0 Å². The molecule has 0 amide bonds. The second-order valence-electron chi connectivity index (χ2n) is 4.53. The highest BCUT2D eigenvalue weighted by Crippen LogP contribution is 2.37. The minimum Gasteiger partial charge on any atom is -0.486 e. The first-order chi connectivity index (χ1) is 8.34. The van der Waals surface area contributed by atoms with Crippen molar-refractivity contribution in [1.82, 2.24) is 5.32 Å². The lowest BCUT2D eigenvalue weighted by Gasteiger charge is -2.31. The summed E-state index contributed by atoms with van der Waals surface area (Å²) in [5, 5.41) is 3.52. The van der Waals surface area contributed by atoms with Crippen LogP contribution in [0.5, 0.6) is 11.5 Å². The highest BCUT2D eigenvalue weighted by atomic mass is 16.6. The van der Waals surface area contributed by atoms with Gasteiger partial charge in [0, 0.05) is 11.6 Å². The monoisotopic (exact) mass is 235 g/mol. The summed E-state index contributed by atoms with van der Waals surface area (Å²) >= 11 is 0. The third-order valence-electron chi connectivity index (χ3n) is 3.11. The zero-order valence-corrected chi connectivity index (χ0v) is 9.94. The third-order valence-corrected chi connectivity index (χ3v) is 3.11. The zero-order chi connectivity index (χ0) is 11.7. The van der Waals surface area contributed by atoms with Crippen molar-refractivity contribution < 1.29 is 14.2 Å². The van der Waals surface area contributed by atoms with E-state index >= 15 is 0 Å². The van der Waals surface area contributed by atoms with Gasteiger partial charge in [0.25, 0.3) is 0 Å². The topological polar surface area (TPSA) is 39.7 Å². The Bertz CT molecular complexity index is 408. The Labute approximate surface area is 101 Å². The van der Waals surface area contributed by atoms with Crippen LogP contribution in [0.3, 0.4) is 0 Å². The first-order valence-corrected chi connectivity index (χ1v) is 6.07. The summed E-state index contributed by atoms with van der Waals surface area (Å²) in [6, 6.07) is 6.59. The number of fused-ring (bicyclic) bond motifs is 1. The van der Waals surface area contributed by atoms with Crippen molar-refractivity contribution in [3.8, 4) is 11.5 Å². The number of morpholine rings is 1.